The van der Waals surface area contributed by atoms with Crippen LogP contribution in [0, 0.1) is 12.7 Å². The number of rotatable bonds is 2. The normalized spacial score (nSPS) is 12.2. The molecule has 0 atom stereocenters. The zero-order valence-electron chi connectivity index (χ0n) is 15.2. The van der Waals surface area contributed by atoms with Gasteiger partial charge in [0.2, 0.25) is 0 Å². The van der Waals surface area contributed by atoms with Crippen molar-refractivity contribution in [2.75, 3.05) is 0 Å². The van der Waals surface area contributed by atoms with Gasteiger partial charge in [0.25, 0.3) is 10.0 Å². The van der Waals surface area contributed by atoms with Crippen LogP contribution in [0.4, 0.5) is 4.39 Å². The fourth-order valence-electron chi connectivity index (χ4n) is 3.62. The monoisotopic (exact) mass is 407 g/mol. The maximum atomic E-state index is 14.0. The molecule has 0 aliphatic heterocycles. The highest BCUT2D eigenvalue weighted by atomic mass is 32.2. The second-order valence-corrected chi connectivity index (χ2v) is 8.64. The van der Waals surface area contributed by atoms with Crippen LogP contribution < -0.4 is 5.63 Å². The first kappa shape index (κ1) is 17.6. The van der Waals surface area contributed by atoms with E-state index in [0.29, 0.717) is 5.39 Å². The average molecular weight is 407 g/mol. The van der Waals surface area contributed by atoms with Crippen LogP contribution in [0.15, 0.2) is 80.8 Å². The van der Waals surface area contributed by atoms with Crippen molar-refractivity contribution in [1.29, 1.82) is 0 Å². The Kier molecular flexibility index (Phi) is 3.66. The minimum atomic E-state index is -4.05. The molecule has 2 aromatic heterocycles. The summed E-state index contributed by atoms with van der Waals surface area (Å²) in [6.45, 7) is 1.86. The number of hydrogen-bond acceptors (Lipinski definition) is 4. The van der Waals surface area contributed by atoms with E-state index >= 15 is 0 Å². The van der Waals surface area contributed by atoms with E-state index < -0.39 is 21.5 Å². The van der Waals surface area contributed by atoms with E-state index in [-0.39, 0.29) is 32.3 Å². The van der Waals surface area contributed by atoms with Crippen molar-refractivity contribution in [2.45, 2.75) is 11.8 Å². The second kappa shape index (κ2) is 6.02. The molecule has 0 spiro atoms. The fraction of sp³-hybridized carbons (Fsp3) is 0.0455. The third-order valence-electron chi connectivity index (χ3n) is 5.00. The van der Waals surface area contributed by atoms with Crippen molar-refractivity contribution >= 4 is 42.8 Å². The minimum Gasteiger partial charge on any atom is -0.420 e. The maximum Gasteiger partial charge on any atom is 0.344 e. The van der Waals surface area contributed by atoms with Gasteiger partial charge in [-0.2, -0.15) is 0 Å². The van der Waals surface area contributed by atoms with Crippen LogP contribution in [0.2, 0.25) is 0 Å². The van der Waals surface area contributed by atoms with Crippen molar-refractivity contribution in [3.05, 3.63) is 88.5 Å². The zero-order chi connectivity index (χ0) is 20.3. The molecule has 0 fully saturated rings. The Morgan fingerprint density at radius 1 is 0.897 bits per heavy atom. The summed E-state index contributed by atoms with van der Waals surface area (Å²) in [4.78, 5) is 12.6. The van der Waals surface area contributed by atoms with E-state index in [1.807, 2.05) is 6.92 Å². The number of halogens is 1. The summed E-state index contributed by atoms with van der Waals surface area (Å²) in [5, 5.41) is 0.896. The molecule has 29 heavy (non-hydrogen) atoms. The lowest BCUT2D eigenvalue weighted by atomic mass is 10.1. The Hall–Kier alpha value is -3.45. The summed E-state index contributed by atoms with van der Waals surface area (Å²) in [6.07, 6.45) is 0. The summed E-state index contributed by atoms with van der Waals surface area (Å²) in [5.74, 6) is -0.555. The quantitative estimate of drug-likeness (QED) is 0.429. The van der Waals surface area contributed by atoms with Gasteiger partial charge in [-0.3, -0.25) is 0 Å². The molecule has 3 aromatic carbocycles. The lowest BCUT2D eigenvalue weighted by Crippen LogP contribution is -2.13. The molecule has 0 saturated carbocycles. The number of benzene rings is 3. The summed E-state index contributed by atoms with van der Waals surface area (Å²) in [6, 6.07) is 16.8. The van der Waals surface area contributed by atoms with Crippen molar-refractivity contribution in [1.82, 2.24) is 3.97 Å². The van der Waals surface area contributed by atoms with E-state index in [1.165, 1.54) is 30.3 Å². The molecule has 0 N–H and O–H groups in total. The number of nitrogens with zero attached hydrogens (tertiary/aromatic N) is 1. The first-order valence-electron chi connectivity index (χ1n) is 8.86. The Bertz CT molecular complexity index is 1600. The van der Waals surface area contributed by atoms with Crippen molar-refractivity contribution in [3.63, 3.8) is 0 Å². The molecule has 0 radical (unpaired) electrons. The van der Waals surface area contributed by atoms with Gasteiger partial charge in [0, 0.05) is 10.8 Å². The molecule has 7 heteroatoms. The van der Waals surface area contributed by atoms with Crippen LogP contribution in [0.3, 0.4) is 0 Å². The second-order valence-electron chi connectivity index (χ2n) is 6.86. The molecule has 0 unspecified atom stereocenters. The van der Waals surface area contributed by atoms with Crippen molar-refractivity contribution in [2.24, 2.45) is 0 Å². The van der Waals surface area contributed by atoms with E-state index in [9.17, 15) is 17.6 Å². The number of aryl methyl sites for hydroxylation is 1. The highest BCUT2D eigenvalue weighted by Crippen LogP contribution is 2.35. The summed E-state index contributed by atoms with van der Waals surface area (Å²) >= 11 is 0. The van der Waals surface area contributed by atoms with Crippen LogP contribution >= 0.6 is 0 Å². The molecule has 0 saturated heterocycles. The predicted molar refractivity (Wildman–Crippen MR) is 109 cm³/mol. The third kappa shape index (κ3) is 2.51. The lowest BCUT2D eigenvalue weighted by molar-refractivity contribution is 0.571. The van der Waals surface area contributed by atoms with Crippen LogP contribution in [0.1, 0.15) is 5.56 Å². The van der Waals surface area contributed by atoms with Gasteiger partial charge in [-0.05, 0) is 43.3 Å². The van der Waals surface area contributed by atoms with Gasteiger partial charge in [0.05, 0.1) is 15.8 Å². The highest BCUT2D eigenvalue weighted by molar-refractivity contribution is 7.90. The molecule has 144 valence electrons. The Labute approximate surface area is 164 Å². The fourth-order valence-corrected chi connectivity index (χ4v) is 5.15. The summed E-state index contributed by atoms with van der Waals surface area (Å²) < 4.78 is 47.8. The minimum absolute atomic E-state index is 0.0406. The largest absolute Gasteiger partial charge is 0.420 e. The molecule has 5 aromatic rings. The van der Waals surface area contributed by atoms with Gasteiger partial charge >= 0.3 is 5.63 Å². The molecule has 2 heterocycles. The van der Waals surface area contributed by atoms with Crippen LogP contribution in [0.25, 0.3) is 32.8 Å². The standard InChI is InChI=1S/C22H14FNO4S/c1-13-6-9-15(10-7-13)29(26,27)24-19-11-8-14(23)12-18(19)21-20(24)16-4-2-3-5-17(16)22(25)28-21/h2-12H,1H3. The molecule has 0 aliphatic carbocycles. The molecular formula is C22H14FNO4S. The third-order valence-corrected chi connectivity index (χ3v) is 6.72. The first-order chi connectivity index (χ1) is 13.9. The van der Waals surface area contributed by atoms with Gasteiger partial charge in [-0.15, -0.1) is 0 Å². The number of hydrogen-bond donors (Lipinski definition) is 0. The van der Waals surface area contributed by atoms with Crippen LogP contribution in [0.5, 0.6) is 0 Å². The number of aromatic nitrogens is 1. The molecule has 0 bridgehead atoms. The van der Waals surface area contributed by atoms with Crippen LogP contribution in [-0.2, 0) is 10.0 Å². The lowest BCUT2D eigenvalue weighted by Gasteiger charge is -2.10. The van der Waals surface area contributed by atoms with Gasteiger partial charge in [-0.1, -0.05) is 35.9 Å². The smallest absolute Gasteiger partial charge is 0.344 e. The van der Waals surface area contributed by atoms with E-state index in [2.05, 4.69) is 0 Å². The Morgan fingerprint density at radius 2 is 1.59 bits per heavy atom. The van der Waals surface area contributed by atoms with E-state index in [4.69, 9.17) is 4.42 Å². The SMILES string of the molecule is Cc1ccc(S(=O)(=O)n2c3ccc(F)cc3c3oc(=O)c4ccccc4c32)cc1. The van der Waals surface area contributed by atoms with Gasteiger partial charge in [-0.25, -0.2) is 21.6 Å². The molecule has 0 aliphatic rings. The molecule has 5 rings (SSSR count). The predicted octanol–water partition coefficient (Wildman–Crippen LogP) is 4.59. The topological polar surface area (TPSA) is 69.3 Å². The Morgan fingerprint density at radius 3 is 2.31 bits per heavy atom. The van der Waals surface area contributed by atoms with Gasteiger partial charge in [0.1, 0.15) is 11.3 Å². The van der Waals surface area contributed by atoms with Crippen molar-refractivity contribution in [3.8, 4) is 0 Å². The highest BCUT2D eigenvalue weighted by Gasteiger charge is 2.27. The molecule has 0 amide bonds. The molecular weight excluding hydrogens is 393 g/mol. The van der Waals surface area contributed by atoms with E-state index in [1.54, 1.807) is 36.4 Å². The van der Waals surface area contributed by atoms with E-state index in [0.717, 1.165) is 9.54 Å². The summed E-state index contributed by atoms with van der Waals surface area (Å²) in [7, 11) is -4.05. The maximum absolute atomic E-state index is 14.0. The molecule has 5 nitrogen and oxygen atoms in total. The summed E-state index contributed by atoms with van der Waals surface area (Å²) in [5.41, 5.74) is 0.801. The van der Waals surface area contributed by atoms with Crippen LogP contribution in [-0.4, -0.2) is 12.4 Å². The number of fused-ring (bicyclic) bond motifs is 5. The van der Waals surface area contributed by atoms with Gasteiger partial charge < -0.3 is 4.42 Å². The zero-order valence-corrected chi connectivity index (χ0v) is 16.0. The first-order valence-corrected chi connectivity index (χ1v) is 10.3. The Balaban J connectivity index is 2.05. The average Bonchev–Trinajstić information content (AvgIpc) is 3.03. The van der Waals surface area contributed by atoms with Gasteiger partial charge in [0.15, 0.2) is 5.58 Å². The van der Waals surface area contributed by atoms with Crippen molar-refractivity contribution < 1.29 is 17.2 Å².